The summed E-state index contributed by atoms with van der Waals surface area (Å²) in [5, 5.41) is 4.20. The van der Waals surface area contributed by atoms with Crippen LogP contribution < -0.4 is 5.32 Å². The second kappa shape index (κ2) is 7.84. The van der Waals surface area contributed by atoms with Gasteiger partial charge in [0.25, 0.3) is 0 Å². The minimum absolute atomic E-state index is 0.197. The number of nitrogens with zero attached hydrogens (tertiary/aromatic N) is 5. The number of halogens is 1. The molecule has 1 fully saturated rings. The summed E-state index contributed by atoms with van der Waals surface area (Å²) in [5.74, 6) is 1.23. The van der Waals surface area contributed by atoms with Crippen molar-refractivity contribution in [3.63, 3.8) is 0 Å². The number of aromatic nitrogens is 4. The molecule has 0 radical (unpaired) electrons. The third-order valence-corrected chi connectivity index (χ3v) is 5.70. The third kappa shape index (κ3) is 3.64. The van der Waals surface area contributed by atoms with Crippen molar-refractivity contribution in [1.82, 2.24) is 24.4 Å². The van der Waals surface area contributed by atoms with Crippen LogP contribution in [0.3, 0.4) is 0 Å². The fraction of sp³-hybridized carbons (Fsp3) is 0.261. The Labute approximate surface area is 174 Å². The number of anilines is 2. The van der Waals surface area contributed by atoms with E-state index in [0.29, 0.717) is 5.82 Å². The number of hydrogen-bond donors (Lipinski definition) is 1. The van der Waals surface area contributed by atoms with Gasteiger partial charge in [-0.15, -0.1) is 0 Å². The van der Waals surface area contributed by atoms with E-state index < -0.39 is 0 Å². The molecule has 152 valence electrons. The molecule has 30 heavy (non-hydrogen) atoms. The Morgan fingerprint density at radius 2 is 2.10 bits per heavy atom. The molecule has 1 aliphatic rings. The molecule has 1 saturated heterocycles. The molecule has 0 aliphatic carbocycles. The van der Waals surface area contributed by atoms with Gasteiger partial charge >= 0.3 is 0 Å². The smallest absolute Gasteiger partial charge is 0.150 e. The molecule has 7 heteroatoms. The second-order valence-corrected chi connectivity index (χ2v) is 7.72. The molecule has 1 aliphatic heterocycles. The van der Waals surface area contributed by atoms with Crippen LogP contribution in [0.1, 0.15) is 30.1 Å². The largest absolute Gasteiger partial charge is 0.350 e. The molecular formula is C23H23FN6. The van der Waals surface area contributed by atoms with E-state index in [1.807, 2.05) is 25.2 Å². The van der Waals surface area contributed by atoms with Crippen molar-refractivity contribution in [1.29, 1.82) is 0 Å². The standard InChI is InChI=1S/C23H23FN6/c1-29-14-16(18-12-17(24)7-8-20(18)29)15-30-11-3-5-21(30)19-4-2-6-22(27-19)28-23-13-25-9-10-26-23/h2,4,6-10,12-14,21H,3,5,11,15H2,1H3,(H,26,27,28)/t21-/m1/s1. The maximum atomic E-state index is 13.9. The summed E-state index contributed by atoms with van der Waals surface area (Å²) in [6.45, 7) is 1.77. The fourth-order valence-electron chi connectivity index (χ4n) is 4.34. The molecule has 1 N–H and O–H groups in total. The van der Waals surface area contributed by atoms with Crippen LogP contribution in [-0.2, 0) is 13.6 Å². The maximum Gasteiger partial charge on any atom is 0.150 e. The van der Waals surface area contributed by atoms with Crippen LogP contribution in [0.15, 0.2) is 61.2 Å². The molecule has 0 spiro atoms. The van der Waals surface area contributed by atoms with E-state index in [4.69, 9.17) is 4.98 Å². The number of hydrogen-bond acceptors (Lipinski definition) is 5. The van der Waals surface area contributed by atoms with Gasteiger partial charge in [0.15, 0.2) is 0 Å². The summed E-state index contributed by atoms with van der Waals surface area (Å²) >= 11 is 0. The average Bonchev–Trinajstić information content (AvgIpc) is 3.34. The van der Waals surface area contributed by atoms with Crippen LogP contribution in [0, 0.1) is 5.82 Å². The number of fused-ring (bicyclic) bond motifs is 1. The van der Waals surface area contributed by atoms with Crippen LogP contribution in [0.4, 0.5) is 16.0 Å². The van der Waals surface area contributed by atoms with Crippen molar-refractivity contribution in [3.05, 3.63) is 78.3 Å². The topological polar surface area (TPSA) is 58.9 Å². The first-order valence-corrected chi connectivity index (χ1v) is 10.1. The summed E-state index contributed by atoms with van der Waals surface area (Å²) in [5.41, 5.74) is 3.23. The molecule has 0 amide bonds. The third-order valence-electron chi connectivity index (χ3n) is 5.70. The van der Waals surface area contributed by atoms with Crippen LogP contribution >= 0.6 is 0 Å². The van der Waals surface area contributed by atoms with Gasteiger partial charge in [-0.05, 0) is 55.3 Å². The van der Waals surface area contributed by atoms with Crippen molar-refractivity contribution in [2.45, 2.75) is 25.4 Å². The van der Waals surface area contributed by atoms with Crippen LogP contribution in [0.25, 0.3) is 10.9 Å². The number of aryl methyl sites for hydroxylation is 1. The van der Waals surface area contributed by atoms with E-state index in [2.05, 4.69) is 37.0 Å². The summed E-state index contributed by atoms with van der Waals surface area (Å²) in [6, 6.07) is 11.3. The lowest BCUT2D eigenvalue weighted by Crippen LogP contribution is -2.23. The van der Waals surface area contributed by atoms with Gasteiger partial charge in [-0.2, -0.15) is 0 Å². The van der Waals surface area contributed by atoms with Crippen molar-refractivity contribution < 1.29 is 4.39 Å². The highest BCUT2D eigenvalue weighted by atomic mass is 19.1. The predicted molar refractivity (Wildman–Crippen MR) is 115 cm³/mol. The molecule has 1 aromatic carbocycles. The zero-order chi connectivity index (χ0) is 20.5. The van der Waals surface area contributed by atoms with E-state index in [1.54, 1.807) is 24.7 Å². The number of nitrogens with one attached hydrogen (secondary N) is 1. The van der Waals surface area contributed by atoms with E-state index in [9.17, 15) is 4.39 Å². The van der Waals surface area contributed by atoms with Gasteiger partial charge in [-0.25, -0.2) is 14.4 Å². The van der Waals surface area contributed by atoms with Gasteiger partial charge in [0.05, 0.1) is 17.9 Å². The van der Waals surface area contributed by atoms with Crippen molar-refractivity contribution in [2.24, 2.45) is 7.05 Å². The molecular weight excluding hydrogens is 379 g/mol. The normalized spacial score (nSPS) is 16.9. The fourth-order valence-corrected chi connectivity index (χ4v) is 4.34. The van der Waals surface area contributed by atoms with Crippen molar-refractivity contribution >= 4 is 22.5 Å². The summed E-state index contributed by atoms with van der Waals surface area (Å²) < 4.78 is 15.9. The Bertz CT molecular complexity index is 1170. The van der Waals surface area contributed by atoms with Crippen LogP contribution in [0.5, 0.6) is 0 Å². The van der Waals surface area contributed by atoms with E-state index in [0.717, 1.165) is 53.9 Å². The van der Waals surface area contributed by atoms with Gasteiger partial charge < -0.3 is 9.88 Å². The highest BCUT2D eigenvalue weighted by Gasteiger charge is 2.28. The number of rotatable bonds is 5. The second-order valence-electron chi connectivity index (χ2n) is 7.72. The Morgan fingerprint density at radius 1 is 1.17 bits per heavy atom. The number of benzene rings is 1. The minimum atomic E-state index is -0.197. The van der Waals surface area contributed by atoms with Gasteiger partial charge in [0.2, 0.25) is 0 Å². The molecule has 5 rings (SSSR count). The summed E-state index contributed by atoms with van der Waals surface area (Å²) in [6.07, 6.45) is 9.26. The zero-order valence-corrected chi connectivity index (χ0v) is 16.8. The van der Waals surface area contributed by atoms with Gasteiger partial charge in [-0.1, -0.05) is 6.07 Å². The van der Waals surface area contributed by atoms with Crippen LogP contribution in [0.2, 0.25) is 0 Å². The first-order chi connectivity index (χ1) is 14.7. The molecule has 3 aromatic heterocycles. The molecule has 1 atom stereocenters. The molecule has 0 bridgehead atoms. The van der Waals surface area contributed by atoms with Crippen molar-refractivity contribution in [3.8, 4) is 0 Å². The Kier molecular flexibility index (Phi) is 4.88. The van der Waals surface area contributed by atoms with Gasteiger partial charge in [-0.3, -0.25) is 9.88 Å². The Balaban J connectivity index is 1.40. The maximum absolute atomic E-state index is 13.9. The molecule has 4 heterocycles. The van der Waals surface area contributed by atoms with Gasteiger partial charge in [0.1, 0.15) is 17.5 Å². The molecule has 0 unspecified atom stereocenters. The highest BCUT2D eigenvalue weighted by molar-refractivity contribution is 5.84. The van der Waals surface area contributed by atoms with Gasteiger partial charge in [0, 0.05) is 43.1 Å². The van der Waals surface area contributed by atoms with Crippen molar-refractivity contribution in [2.75, 3.05) is 11.9 Å². The first-order valence-electron chi connectivity index (χ1n) is 10.1. The monoisotopic (exact) mass is 402 g/mol. The minimum Gasteiger partial charge on any atom is -0.350 e. The highest BCUT2D eigenvalue weighted by Crippen LogP contribution is 2.34. The predicted octanol–water partition coefficient (Wildman–Crippen LogP) is 4.58. The Hall–Kier alpha value is -3.32. The lowest BCUT2D eigenvalue weighted by atomic mass is 10.1. The number of pyridine rings is 1. The molecule has 4 aromatic rings. The quantitative estimate of drug-likeness (QED) is 0.529. The summed E-state index contributed by atoms with van der Waals surface area (Å²) in [4.78, 5) is 15.6. The zero-order valence-electron chi connectivity index (χ0n) is 16.8. The molecule has 6 nitrogen and oxygen atoms in total. The Morgan fingerprint density at radius 3 is 2.97 bits per heavy atom. The lowest BCUT2D eigenvalue weighted by Gasteiger charge is -2.24. The van der Waals surface area contributed by atoms with Crippen LogP contribution in [-0.4, -0.2) is 31.0 Å². The SMILES string of the molecule is Cn1cc(CN2CCC[C@@H]2c2cccc(Nc3cnccn3)n2)c2cc(F)ccc21. The van der Waals surface area contributed by atoms with E-state index in [-0.39, 0.29) is 11.9 Å². The van der Waals surface area contributed by atoms with E-state index >= 15 is 0 Å². The molecule has 0 saturated carbocycles. The average molecular weight is 402 g/mol. The lowest BCUT2D eigenvalue weighted by molar-refractivity contribution is 0.245. The number of likely N-dealkylation sites (tertiary alicyclic amines) is 1. The summed E-state index contributed by atoms with van der Waals surface area (Å²) in [7, 11) is 2.01. The first kappa shape index (κ1) is 18.7. The van der Waals surface area contributed by atoms with E-state index in [1.165, 1.54) is 6.07 Å².